The molecule has 0 atom stereocenters. The summed E-state index contributed by atoms with van der Waals surface area (Å²) in [5, 5.41) is 7.30. The summed E-state index contributed by atoms with van der Waals surface area (Å²) >= 11 is 0. The largest absolute Gasteiger partial charge is 0.456 e. The molecule has 1 aliphatic carbocycles. The molecule has 3 nitrogen and oxygen atoms in total. The standard InChI is InChI=1S/C55H38N2O/c1-55(2)49-33-40(56(38-23-20-36(21-24-38)35-12-4-3-5-13-35)39-27-31-53-48(32-39)46-17-9-11-19-52(46)58-53)25-29-43(49)44-30-26-41(34-50(44)55)57-51-18-10-8-16-45(51)47-28-22-37-14-6-7-15-42(37)54(47)57/h3-34H,1-2H3. The lowest BCUT2D eigenvalue weighted by Gasteiger charge is -2.28. The Hall–Kier alpha value is -7.36. The minimum absolute atomic E-state index is 0.245. The van der Waals surface area contributed by atoms with Gasteiger partial charge in [0.15, 0.2) is 0 Å². The highest BCUT2D eigenvalue weighted by molar-refractivity contribution is 6.18. The second-order valence-corrected chi connectivity index (χ2v) is 16.1. The fourth-order valence-electron chi connectivity index (χ4n) is 9.72. The molecule has 0 saturated heterocycles. The van der Waals surface area contributed by atoms with Crippen molar-refractivity contribution in [2.75, 3.05) is 4.90 Å². The van der Waals surface area contributed by atoms with Gasteiger partial charge < -0.3 is 13.9 Å². The van der Waals surface area contributed by atoms with E-state index in [4.69, 9.17) is 4.42 Å². The molecule has 9 aromatic carbocycles. The van der Waals surface area contributed by atoms with E-state index in [0.717, 1.165) is 39.0 Å². The first-order chi connectivity index (χ1) is 28.5. The number of benzene rings is 9. The Morgan fingerprint density at radius 2 is 1.05 bits per heavy atom. The molecule has 0 radical (unpaired) electrons. The Morgan fingerprint density at radius 3 is 1.90 bits per heavy atom. The highest BCUT2D eigenvalue weighted by atomic mass is 16.3. The summed E-state index contributed by atoms with van der Waals surface area (Å²) in [5.74, 6) is 0. The van der Waals surface area contributed by atoms with Crippen molar-refractivity contribution in [2.24, 2.45) is 0 Å². The van der Waals surface area contributed by atoms with Gasteiger partial charge in [-0.3, -0.25) is 0 Å². The summed E-state index contributed by atoms with van der Waals surface area (Å²) in [6.45, 7) is 4.77. The number of anilines is 3. The molecule has 0 aliphatic heterocycles. The molecule has 11 aromatic rings. The van der Waals surface area contributed by atoms with Crippen molar-refractivity contribution in [1.29, 1.82) is 0 Å². The van der Waals surface area contributed by atoms with Gasteiger partial charge in [-0.1, -0.05) is 141 Å². The van der Waals surface area contributed by atoms with Crippen molar-refractivity contribution in [3.63, 3.8) is 0 Å². The van der Waals surface area contributed by atoms with Gasteiger partial charge in [0.2, 0.25) is 0 Å². The first-order valence-electron chi connectivity index (χ1n) is 20.1. The average Bonchev–Trinajstić information content (AvgIpc) is 3.89. The predicted octanol–water partition coefficient (Wildman–Crippen LogP) is 15.3. The van der Waals surface area contributed by atoms with E-state index in [2.05, 4.69) is 205 Å². The van der Waals surface area contributed by atoms with Crippen LogP contribution in [0.4, 0.5) is 17.1 Å². The lowest BCUT2D eigenvalue weighted by molar-refractivity contribution is 0.660. The molecule has 0 amide bonds. The molecule has 58 heavy (non-hydrogen) atoms. The Bertz CT molecular complexity index is 3420. The Balaban J connectivity index is 1.01. The smallest absolute Gasteiger partial charge is 0.135 e. The van der Waals surface area contributed by atoms with Crippen molar-refractivity contribution in [3.05, 3.63) is 205 Å². The van der Waals surface area contributed by atoms with Gasteiger partial charge in [-0.15, -0.1) is 0 Å². The summed E-state index contributed by atoms with van der Waals surface area (Å²) in [6, 6.07) is 70.7. The molecule has 0 spiro atoms. The maximum Gasteiger partial charge on any atom is 0.135 e. The molecule has 0 unspecified atom stereocenters. The van der Waals surface area contributed by atoms with Crippen LogP contribution in [0.2, 0.25) is 0 Å². The zero-order chi connectivity index (χ0) is 38.5. The van der Waals surface area contributed by atoms with Crippen LogP contribution in [0.3, 0.4) is 0 Å². The van der Waals surface area contributed by atoms with Crippen LogP contribution in [0.15, 0.2) is 199 Å². The normalized spacial score (nSPS) is 13.1. The molecule has 0 fully saturated rings. The van der Waals surface area contributed by atoms with Crippen LogP contribution in [0.1, 0.15) is 25.0 Å². The molecule has 2 heterocycles. The number of hydrogen-bond donors (Lipinski definition) is 0. The quantitative estimate of drug-likeness (QED) is 0.175. The number of nitrogens with zero attached hydrogens (tertiary/aromatic N) is 2. The summed E-state index contributed by atoms with van der Waals surface area (Å²) < 4.78 is 8.75. The van der Waals surface area contributed by atoms with Gasteiger partial charge in [-0.25, -0.2) is 0 Å². The first-order valence-corrected chi connectivity index (χ1v) is 20.1. The van der Waals surface area contributed by atoms with E-state index in [1.165, 1.54) is 71.6 Å². The third-order valence-electron chi connectivity index (χ3n) is 12.6. The van der Waals surface area contributed by atoms with Gasteiger partial charge in [0, 0.05) is 55.1 Å². The molecular weight excluding hydrogens is 705 g/mol. The Morgan fingerprint density at radius 1 is 0.431 bits per heavy atom. The number of para-hydroxylation sites is 2. The third-order valence-corrected chi connectivity index (χ3v) is 12.6. The van der Waals surface area contributed by atoms with Gasteiger partial charge in [0.05, 0.1) is 11.0 Å². The summed E-state index contributed by atoms with van der Waals surface area (Å²) in [6.07, 6.45) is 0. The van der Waals surface area contributed by atoms with Crippen molar-refractivity contribution in [2.45, 2.75) is 19.3 Å². The number of furan rings is 1. The molecule has 2 aromatic heterocycles. The fraction of sp³-hybridized carbons (Fsp3) is 0.0545. The zero-order valence-electron chi connectivity index (χ0n) is 32.3. The maximum atomic E-state index is 6.27. The molecule has 12 rings (SSSR count). The highest BCUT2D eigenvalue weighted by Gasteiger charge is 2.36. The van der Waals surface area contributed by atoms with Crippen LogP contribution in [-0.2, 0) is 5.41 Å². The molecule has 1 aliphatic rings. The van der Waals surface area contributed by atoms with E-state index >= 15 is 0 Å². The van der Waals surface area contributed by atoms with Crippen molar-refractivity contribution < 1.29 is 4.42 Å². The van der Waals surface area contributed by atoms with Crippen molar-refractivity contribution in [3.8, 4) is 27.9 Å². The van der Waals surface area contributed by atoms with Crippen LogP contribution in [0.5, 0.6) is 0 Å². The summed E-state index contributed by atoms with van der Waals surface area (Å²) in [7, 11) is 0. The summed E-state index contributed by atoms with van der Waals surface area (Å²) in [5.41, 5.74) is 16.2. The molecule has 274 valence electrons. The fourth-order valence-corrected chi connectivity index (χ4v) is 9.72. The lowest BCUT2D eigenvalue weighted by Crippen LogP contribution is -2.17. The number of hydrogen-bond acceptors (Lipinski definition) is 2. The Labute approximate surface area is 336 Å². The highest BCUT2D eigenvalue weighted by Crippen LogP contribution is 2.52. The summed E-state index contributed by atoms with van der Waals surface area (Å²) in [4.78, 5) is 2.39. The third kappa shape index (κ3) is 4.80. The topological polar surface area (TPSA) is 21.3 Å². The second kappa shape index (κ2) is 12.3. The second-order valence-electron chi connectivity index (χ2n) is 16.1. The minimum atomic E-state index is -0.245. The minimum Gasteiger partial charge on any atom is -0.456 e. The van der Waals surface area contributed by atoms with Gasteiger partial charge >= 0.3 is 0 Å². The first kappa shape index (κ1) is 32.8. The molecule has 0 N–H and O–H groups in total. The van der Waals surface area contributed by atoms with Gasteiger partial charge in [-0.05, 0) is 105 Å². The van der Waals surface area contributed by atoms with Crippen LogP contribution in [-0.4, -0.2) is 4.57 Å². The zero-order valence-corrected chi connectivity index (χ0v) is 32.3. The van der Waals surface area contributed by atoms with E-state index < -0.39 is 0 Å². The predicted molar refractivity (Wildman–Crippen MR) is 243 cm³/mol. The molecule has 0 saturated carbocycles. The van der Waals surface area contributed by atoms with E-state index in [0.29, 0.717) is 0 Å². The SMILES string of the molecule is CC1(C)c2cc(N(c3ccc(-c4ccccc4)cc3)c3ccc4oc5ccccc5c4c3)ccc2-c2ccc(-n3c4ccccc4c4ccc5ccccc5c43)cc21. The van der Waals surface area contributed by atoms with Crippen molar-refractivity contribution in [1.82, 2.24) is 4.57 Å². The van der Waals surface area contributed by atoms with Crippen LogP contribution in [0.25, 0.3) is 82.5 Å². The van der Waals surface area contributed by atoms with Crippen molar-refractivity contribution >= 4 is 71.6 Å². The lowest BCUT2D eigenvalue weighted by atomic mass is 9.82. The molecular formula is C55H38N2O. The van der Waals surface area contributed by atoms with Crippen LogP contribution < -0.4 is 4.90 Å². The van der Waals surface area contributed by atoms with Gasteiger partial charge in [0.25, 0.3) is 0 Å². The van der Waals surface area contributed by atoms with Crippen LogP contribution in [0, 0.1) is 0 Å². The van der Waals surface area contributed by atoms with Gasteiger partial charge in [-0.2, -0.15) is 0 Å². The molecule has 0 bridgehead atoms. The molecule has 3 heteroatoms. The van der Waals surface area contributed by atoms with Gasteiger partial charge in [0.1, 0.15) is 11.2 Å². The maximum absolute atomic E-state index is 6.27. The van der Waals surface area contributed by atoms with Crippen LogP contribution >= 0.6 is 0 Å². The van der Waals surface area contributed by atoms with E-state index in [1.54, 1.807) is 0 Å². The van der Waals surface area contributed by atoms with E-state index in [-0.39, 0.29) is 5.41 Å². The Kier molecular flexibility index (Phi) is 6.98. The monoisotopic (exact) mass is 742 g/mol. The van der Waals surface area contributed by atoms with E-state index in [1.807, 2.05) is 12.1 Å². The average molecular weight is 743 g/mol. The number of rotatable bonds is 5. The number of fused-ring (bicyclic) bond motifs is 11. The number of aromatic nitrogens is 1. The van der Waals surface area contributed by atoms with E-state index in [9.17, 15) is 0 Å².